The second kappa shape index (κ2) is 7.63. The zero-order chi connectivity index (χ0) is 13.4. The number of hydrogen-bond donors (Lipinski definition) is 0. The third-order valence-corrected chi connectivity index (χ3v) is 2.38. The van der Waals surface area contributed by atoms with Crippen LogP contribution in [0.3, 0.4) is 0 Å². The van der Waals surface area contributed by atoms with Crippen LogP contribution in [0.4, 0.5) is 0 Å². The Morgan fingerprint density at radius 2 is 1.76 bits per heavy atom. The summed E-state index contributed by atoms with van der Waals surface area (Å²) >= 11 is 1.08. The van der Waals surface area contributed by atoms with Crippen molar-refractivity contribution in [2.24, 2.45) is 0 Å². The van der Waals surface area contributed by atoms with Crippen molar-refractivity contribution in [2.75, 3.05) is 35.3 Å². The largest absolute Gasteiger partial charge is 0.465 e. The molecular weight excluding hydrogens is 238 g/mol. The topological polar surface area (TPSA) is 56.6 Å². The Kier molecular flexibility index (Phi) is 6.91. The van der Waals surface area contributed by atoms with Crippen LogP contribution in [0.15, 0.2) is 22.2 Å². The number of carbonyl (C=O) groups is 1. The Hall–Kier alpha value is -1.61. The van der Waals surface area contributed by atoms with Gasteiger partial charge in [-0.15, -0.1) is 0 Å². The van der Waals surface area contributed by atoms with Gasteiger partial charge in [-0.25, -0.2) is 4.79 Å². The first kappa shape index (κ1) is 15.4. The number of methoxy groups -OCH3 is 1. The van der Waals surface area contributed by atoms with Crippen molar-refractivity contribution in [1.29, 1.82) is 5.26 Å². The summed E-state index contributed by atoms with van der Waals surface area (Å²) in [6.45, 7) is 0. The van der Waals surface area contributed by atoms with Crippen LogP contribution in [-0.4, -0.2) is 51.1 Å². The van der Waals surface area contributed by atoms with E-state index in [0.29, 0.717) is 9.81 Å². The Balaban J connectivity index is 5.00. The van der Waals surface area contributed by atoms with E-state index in [2.05, 4.69) is 4.74 Å². The molecule has 0 saturated heterocycles. The minimum atomic E-state index is -0.455. The molecule has 17 heavy (non-hydrogen) atoms. The number of thioether (sulfide) groups is 1. The normalized spacial score (nSPS) is 11.8. The lowest BCUT2D eigenvalue weighted by molar-refractivity contribution is -0.135. The molecule has 94 valence electrons. The number of hydrogen-bond acceptors (Lipinski definition) is 6. The highest BCUT2D eigenvalue weighted by molar-refractivity contribution is 8.07. The number of carbonyl (C=O) groups excluding carboxylic acids is 1. The molecule has 0 amide bonds. The number of allylic oxidation sites excluding steroid dienone is 1. The SMILES string of the molecule is COC(=O)C(=CN(C)C)SC(C#N)=CN(C)C. The molecule has 0 N–H and O–H groups in total. The van der Waals surface area contributed by atoms with Crippen LogP contribution in [-0.2, 0) is 9.53 Å². The fourth-order valence-corrected chi connectivity index (χ4v) is 1.86. The lowest BCUT2D eigenvalue weighted by Crippen LogP contribution is -2.09. The van der Waals surface area contributed by atoms with Crippen molar-refractivity contribution in [1.82, 2.24) is 9.80 Å². The van der Waals surface area contributed by atoms with E-state index in [0.717, 1.165) is 11.8 Å². The first-order valence-electron chi connectivity index (χ1n) is 4.83. The third kappa shape index (κ3) is 6.53. The maximum atomic E-state index is 11.5. The van der Waals surface area contributed by atoms with Gasteiger partial charge in [0.1, 0.15) is 15.9 Å². The average molecular weight is 255 g/mol. The molecule has 5 nitrogen and oxygen atoms in total. The molecule has 0 bridgehead atoms. The molecule has 0 unspecified atom stereocenters. The lowest BCUT2D eigenvalue weighted by Gasteiger charge is -2.10. The van der Waals surface area contributed by atoms with Gasteiger partial charge in [0.25, 0.3) is 0 Å². The summed E-state index contributed by atoms with van der Waals surface area (Å²) in [6, 6.07) is 2.03. The van der Waals surface area contributed by atoms with E-state index in [1.807, 2.05) is 20.2 Å². The van der Waals surface area contributed by atoms with E-state index < -0.39 is 5.97 Å². The summed E-state index contributed by atoms with van der Waals surface area (Å²) in [5.74, 6) is -0.455. The molecule has 0 radical (unpaired) electrons. The maximum absolute atomic E-state index is 11.5. The fraction of sp³-hybridized carbons (Fsp3) is 0.455. The molecular formula is C11H17N3O2S. The van der Waals surface area contributed by atoms with Gasteiger partial charge in [-0.3, -0.25) is 0 Å². The van der Waals surface area contributed by atoms with E-state index in [-0.39, 0.29) is 0 Å². The molecule has 0 aliphatic heterocycles. The molecule has 0 aliphatic rings. The van der Waals surface area contributed by atoms with Crippen LogP contribution in [0.2, 0.25) is 0 Å². The quantitative estimate of drug-likeness (QED) is 0.418. The molecule has 0 aliphatic carbocycles. The van der Waals surface area contributed by atoms with Crippen LogP contribution in [0.1, 0.15) is 0 Å². The Labute approximate surface area is 106 Å². The van der Waals surface area contributed by atoms with E-state index in [4.69, 9.17) is 5.26 Å². The molecule has 0 aromatic rings. The standard InChI is InChI=1S/C11H17N3O2S/c1-13(2)7-9(6-12)17-10(8-14(3)4)11(15)16-5/h7-8H,1-5H3. The summed E-state index contributed by atoms with van der Waals surface area (Å²) in [5.41, 5.74) is 0. The van der Waals surface area contributed by atoms with Crippen molar-refractivity contribution in [3.05, 3.63) is 22.2 Å². The number of esters is 1. The van der Waals surface area contributed by atoms with Crippen molar-refractivity contribution < 1.29 is 9.53 Å². The van der Waals surface area contributed by atoms with E-state index >= 15 is 0 Å². The number of ether oxygens (including phenoxy) is 1. The summed E-state index contributed by atoms with van der Waals surface area (Å²) < 4.78 is 4.66. The Bertz CT molecular complexity index is 367. The molecule has 6 heteroatoms. The monoisotopic (exact) mass is 255 g/mol. The second-order valence-corrected chi connectivity index (χ2v) is 4.70. The molecule has 0 aromatic heterocycles. The first-order chi connectivity index (χ1) is 7.90. The minimum Gasteiger partial charge on any atom is -0.465 e. The van der Waals surface area contributed by atoms with Crippen LogP contribution in [0.5, 0.6) is 0 Å². The molecule has 0 fully saturated rings. The number of rotatable bonds is 5. The van der Waals surface area contributed by atoms with Crippen LogP contribution >= 0.6 is 11.8 Å². The predicted molar refractivity (Wildman–Crippen MR) is 68.8 cm³/mol. The smallest absolute Gasteiger partial charge is 0.346 e. The zero-order valence-electron chi connectivity index (χ0n) is 10.7. The summed E-state index contributed by atoms with van der Waals surface area (Å²) in [7, 11) is 8.53. The van der Waals surface area contributed by atoms with Gasteiger partial charge in [0, 0.05) is 40.6 Å². The molecule has 0 saturated carbocycles. The Morgan fingerprint density at radius 3 is 2.12 bits per heavy atom. The van der Waals surface area contributed by atoms with Gasteiger partial charge in [-0.1, -0.05) is 11.8 Å². The second-order valence-electron chi connectivity index (χ2n) is 3.62. The van der Waals surface area contributed by atoms with Gasteiger partial charge in [0.2, 0.25) is 0 Å². The van der Waals surface area contributed by atoms with Gasteiger partial charge >= 0.3 is 5.97 Å². The predicted octanol–water partition coefficient (Wildman–Crippen LogP) is 1.22. The van der Waals surface area contributed by atoms with Gasteiger partial charge in [0.05, 0.1) is 7.11 Å². The van der Waals surface area contributed by atoms with Gasteiger partial charge in [-0.2, -0.15) is 5.26 Å². The highest BCUT2D eigenvalue weighted by Crippen LogP contribution is 2.26. The van der Waals surface area contributed by atoms with Gasteiger partial charge < -0.3 is 14.5 Å². The lowest BCUT2D eigenvalue weighted by atomic mass is 10.6. The number of nitriles is 1. The van der Waals surface area contributed by atoms with Crippen molar-refractivity contribution in [3.8, 4) is 6.07 Å². The van der Waals surface area contributed by atoms with Crippen LogP contribution in [0.25, 0.3) is 0 Å². The number of nitrogens with zero attached hydrogens (tertiary/aromatic N) is 3. The average Bonchev–Trinajstić information content (AvgIpc) is 2.24. The highest BCUT2D eigenvalue weighted by Gasteiger charge is 2.13. The summed E-state index contributed by atoms with van der Waals surface area (Å²) in [6.07, 6.45) is 3.27. The maximum Gasteiger partial charge on any atom is 0.346 e. The third-order valence-electron chi connectivity index (χ3n) is 1.47. The first-order valence-corrected chi connectivity index (χ1v) is 5.65. The van der Waals surface area contributed by atoms with Crippen molar-refractivity contribution in [3.63, 3.8) is 0 Å². The van der Waals surface area contributed by atoms with E-state index in [9.17, 15) is 4.79 Å². The summed E-state index contributed by atoms with van der Waals surface area (Å²) in [4.78, 5) is 15.8. The van der Waals surface area contributed by atoms with E-state index in [1.165, 1.54) is 7.11 Å². The molecule has 0 rings (SSSR count). The fourth-order valence-electron chi connectivity index (χ4n) is 0.887. The Morgan fingerprint density at radius 1 is 1.24 bits per heavy atom. The van der Waals surface area contributed by atoms with Crippen molar-refractivity contribution in [2.45, 2.75) is 0 Å². The van der Waals surface area contributed by atoms with Crippen molar-refractivity contribution >= 4 is 17.7 Å². The molecule has 0 heterocycles. The molecule has 0 spiro atoms. The summed E-state index contributed by atoms with van der Waals surface area (Å²) in [5, 5.41) is 8.95. The van der Waals surface area contributed by atoms with Gasteiger partial charge in [0.15, 0.2) is 0 Å². The van der Waals surface area contributed by atoms with E-state index in [1.54, 1.807) is 36.3 Å². The molecule has 0 atom stereocenters. The van der Waals surface area contributed by atoms with Gasteiger partial charge in [-0.05, 0) is 0 Å². The highest BCUT2D eigenvalue weighted by atomic mass is 32.2. The minimum absolute atomic E-state index is 0.368. The van der Waals surface area contributed by atoms with Crippen LogP contribution in [0, 0.1) is 11.3 Å². The van der Waals surface area contributed by atoms with Crippen LogP contribution < -0.4 is 0 Å². The zero-order valence-corrected chi connectivity index (χ0v) is 11.5. The molecule has 0 aromatic carbocycles.